The van der Waals surface area contributed by atoms with Crippen LogP contribution in [-0.2, 0) is 15.0 Å². The summed E-state index contributed by atoms with van der Waals surface area (Å²) in [5, 5.41) is 25.9. The van der Waals surface area contributed by atoms with Crippen molar-refractivity contribution in [2.45, 2.75) is 67.2 Å². The predicted octanol–water partition coefficient (Wildman–Crippen LogP) is 6.51. The van der Waals surface area contributed by atoms with Gasteiger partial charge in [0.05, 0.1) is 0 Å². The number of hydrogen-bond acceptors (Lipinski definition) is 6. The van der Waals surface area contributed by atoms with E-state index in [1.54, 1.807) is 45.9 Å². The first-order valence-electron chi connectivity index (χ1n) is 13.4. The van der Waals surface area contributed by atoms with Crippen LogP contribution in [0.1, 0.15) is 72.9 Å². The van der Waals surface area contributed by atoms with E-state index in [2.05, 4.69) is 31.4 Å². The number of phenols is 2. The third kappa shape index (κ3) is 8.84. The second kappa shape index (κ2) is 13.4. The highest BCUT2D eigenvalue weighted by Crippen LogP contribution is 2.52. The van der Waals surface area contributed by atoms with Crippen molar-refractivity contribution < 1.29 is 19.8 Å². The molecule has 4 N–H and O–H groups in total. The molecule has 6 nitrogen and oxygen atoms in total. The van der Waals surface area contributed by atoms with Gasteiger partial charge >= 0.3 is 0 Å². The molecule has 2 rings (SSSR count). The lowest BCUT2D eigenvalue weighted by molar-refractivity contribution is -0.131. The number of amides is 2. The Kier molecular flexibility index (Phi) is 11.3. The number of aromatic hydroxyl groups is 2. The zero-order chi connectivity index (χ0) is 29.5. The number of hydrogen-bond donors (Lipinski definition) is 4. The minimum Gasteiger partial charge on any atom is -0.508 e. The lowest BCUT2D eigenvalue weighted by Gasteiger charge is -2.48. The first kappa shape index (κ1) is 32.9. The second-order valence-corrected chi connectivity index (χ2v) is 15.3. The van der Waals surface area contributed by atoms with Crippen molar-refractivity contribution in [2.24, 2.45) is 16.2 Å². The Morgan fingerprint density at radius 1 is 0.667 bits per heavy atom. The summed E-state index contributed by atoms with van der Waals surface area (Å²) >= 11 is 0. The number of phenolic OH excluding ortho intramolecular Hbond substituents is 2. The van der Waals surface area contributed by atoms with Crippen molar-refractivity contribution in [3.8, 4) is 11.5 Å². The topological polar surface area (TPSA) is 98.7 Å². The fourth-order valence-electron chi connectivity index (χ4n) is 4.93. The highest BCUT2D eigenvalue weighted by atomic mass is 33.1. The molecule has 0 aromatic heterocycles. The van der Waals surface area contributed by atoms with Gasteiger partial charge in [0.25, 0.3) is 0 Å². The highest BCUT2D eigenvalue weighted by molar-refractivity contribution is 8.76. The maximum Gasteiger partial charge on any atom is 0.225 e. The van der Waals surface area contributed by atoms with Gasteiger partial charge in [-0.3, -0.25) is 9.59 Å². The Balaban J connectivity index is 2.01. The molecule has 0 unspecified atom stereocenters. The van der Waals surface area contributed by atoms with Crippen molar-refractivity contribution in [3.63, 3.8) is 0 Å². The van der Waals surface area contributed by atoms with Crippen molar-refractivity contribution in [3.05, 3.63) is 59.7 Å². The van der Waals surface area contributed by atoms with Gasteiger partial charge in [-0.2, -0.15) is 0 Å². The lowest BCUT2D eigenvalue weighted by Crippen LogP contribution is -2.47. The molecule has 0 saturated heterocycles. The Morgan fingerprint density at radius 2 is 1.05 bits per heavy atom. The summed E-state index contributed by atoms with van der Waals surface area (Å²) in [7, 11) is 3.38. The molecule has 0 radical (unpaired) electrons. The number of carbonyl (C=O) groups excluding carboxylic acids is 2. The van der Waals surface area contributed by atoms with Gasteiger partial charge in [-0.25, -0.2) is 0 Å². The monoisotopic (exact) mass is 574 g/mol. The van der Waals surface area contributed by atoms with Gasteiger partial charge < -0.3 is 20.8 Å². The molecular weight excluding hydrogens is 528 g/mol. The molecule has 2 aromatic rings. The Hall–Kier alpha value is -2.32. The van der Waals surface area contributed by atoms with E-state index in [0.717, 1.165) is 22.6 Å². The van der Waals surface area contributed by atoms with Crippen LogP contribution in [-0.4, -0.2) is 46.6 Å². The third-order valence-electron chi connectivity index (χ3n) is 7.45. The molecule has 0 heterocycles. The van der Waals surface area contributed by atoms with Crippen LogP contribution < -0.4 is 10.6 Å². The van der Waals surface area contributed by atoms with Gasteiger partial charge in [-0.15, -0.1) is 0 Å². The van der Waals surface area contributed by atoms with Gasteiger partial charge in [-0.05, 0) is 47.2 Å². The molecule has 2 amide bonds. The van der Waals surface area contributed by atoms with E-state index in [9.17, 15) is 19.8 Å². The lowest BCUT2D eigenvalue weighted by atomic mass is 9.55. The fourth-order valence-corrected chi connectivity index (χ4v) is 6.75. The largest absolute Gasteiger partial charge is 0.508 e. The summed E-state index contributed by atoms with van der Waals surface area (Å²) in [6, 6.07) is 14.5. The first-order chi connectivity index (χ1) is 18.0. The van der Waals surface area contributed by atoms with Crippen LogP contribution in [0.4, 0.5) is 0 Å². The molecule has 216 valence electrons. The van der Waals surface area contributed by atoms with Crippen molar-refractivity contribution in [1.29, 1.82) is 0 Å². The van der Waals surface area contributed by atoms with Crippen LogP contribution in [0.5, 0.6) is 11.5 Å². The quantitative estimate of drug-likeness (QED) is 0.161. The molecular formula is C31H46N2O4S2. The molecule has 0 spiro atoms. The van der Waals surface area contributed by atoms with Crippen LogP contribution >= 0.6 is 21.6 Å². The summed E-state index contributed by atoms with van der Waals surface area (Å²) in [5.74, 6) is 2.06. The highest BCUT2D eigenvalue weighted by Gasteiger charge is 2.48. The normalized spacial score (nSPS) is 12.7. The molecule has 0 aliphatic carbocycles. The molecule has 2 aromatic carbocycles. The van der Waals surface area contributed by atoms with Crippen molar-refractivity contribution >= 4 is 33.4 Å². The van der Waals surface area contributed by atoms with Gasteiger partial charge in [0.1, 0.15) is 11.5 Å². The van der Waals surface area contributed by atoms with E-state index in [-0.39, 0.29) is 34.1 Å². The van der Waals surface area contributed by atoms with E-state index in [4.69, 9.17) is 0 Å². The zero-order valence-electron chi connectivity index (χ0n) is 24.7. The smallest absolute Gasteiger partial charge is 0.225 e. The number of rotatable bonds is 13. The standard InChI is InChI=1S/C31H46N2O4S2/c1-28(2,3)26(36)32-17-19-38-39-20-18-33-27(37)29(4,5)21-30(6,7)31(8,22-9-13-24(34)14-10-22)23-11-15-25(35)16-12-23/h9-16,34-35H,17-21H2,1-8H3,(H,32,36)(H,33,37). The molecule has 0 atom stereocenters. The van der Waals surface area contributed by atoms with Crippen molar-refractivity contribution in [1.82, 2.24) is 10.6 Å². The average Bonchev–Trinajstić information content (AvgIpc) is 2.84. The average molecular weight is 575 g/mol. The van der Waals surface area contributed by atoms with E-state index >= 15 is 0 Å². The Bertz CT molecular complexity index is 1050. The van der Waals surface area contributed by atoms with E-state index in [1.165, 1.54) is 0 Å². The SMILES string of the molecule is CC(C)(C)C(=O)NCCSSCCNC(=O)C(C)(C)CC(C)(C)C(C)(c1ccc(O)cc1)c1ccc(O)cc1. The Morgan fingerprint density at radius 3 is 1.44 bits per heavy atom. The van der Waals surface area contributed by atoms with E-state index < -0.39 is 10.8 Å². The minimum atomic E-state index is -0.631. The van der Waals surface area contributed by atoms with Gasteiger partial charge in [-0.1, -0.05) is 101 Å². The van der Waals surface area contributed by atoms with Gasteiger partial charge in [0.2, 0.25) is 11.8 Å². The zero-order valence-corrected chi connectivity index (χ0v) is 26.3. The van der Waals surface area contributed by atoms with Gasteiger partial charge in [0, 0.05) is 40.8 Å². The molecule has 0 aliphatic rings. The number of carbonyl (C=O) groups is 2. The third-order valence-corrected chi connectivity index (χ3v) is 9.86. The maximum absolute atomic E-state index is 13.3. The summed E-state index contributed by atoms with van der Waals surface area (Å²) in [5.41, 5.74) is 0.173. The van der Waals surface area contributed by atoms with Crippen LogP contribution in [0.15, 0.2) is 48.5 Å². The Labute approximate surface area is 242 Å². The molecule has 0 saturated carbocycles. The molecule has 8 heteroatoms. The maximum atomic E-state index is 13.3. The summed E-state index contributed by atoms with van der Waals surface area (Å²) < 4.78 is 0. The second-order valence-electron chi connectivity index (χ2n) is 12.6. The van der Waals surface area contributed by atoms with E-state index in [0.29, 0.717) is 19.5 Å². The molecule has 0 fully saturated rings. The minimum absolute atomic E-state index is 0.0115. The van der Waals surface area contributed by atoms with E-state index in [1.807, 2.05) is 58.9 Å². The number of benzene rings is 2. The van der Waals surface area contributed by atoms with Crippen molar-refractivity contribution in [2.75, 3.05) is 24.6 Å². The molecule has 39 heavy (non-hydrogen) atoms. The summed E-state index contributed by atoms with van der Waals surface area (Å²) in [4.78, 5) is 25.2. The molecule has 0 aliphatic heterocycles. The first-order valence-corrected chi connectivity index (χ1v) is 15.9. The van der Waals surface area contributed by atoms with Gasteiger partial charge in [0.15, 0.2) is 0 Å². The van der Waals surface area contributed by atoms with Crippen LogP contribution in [0.25, 0.3) is 0 Å². The molecule has 0 bridgehead atoms. The number of nitrogens with one attached hydrogen (secondary N) is 2. The van der Waals surface area contributed by atoms with Crippen LogP contribution in [0, 0.1) is 16.2 Å². The van der Waals surface area contributed by atoms with Crippen LogP contribution in [0.2, 0.25) is 0 Å². The fraction of sp³-hybridized carbons (Fsp3) is 0.548. The predicted molar refractivity (Wildman–Crippen MR) is 165 cm³/mol. The van der Waals surface area contributed by atoms with Crippen LogP contribution in [0.3, 0.4) is 0 Å². The summed E-state index contributed by atoms with van der Waals surface area (Å²) in [6.07, 6.45) is 0.611. The summed E-state index contributed by atoms with van der Waals surface area (Å²) in [6.45, 7) is 17.4.